The van der Waals surface area contributed by atoms with E-state index in [9.17, 15) is 19.8 Å². The lowest BCUT2D eigenvalue weighted by molar-refractivity contribution is -0.132. The fourth-order valence-electron chi connectivity index (χ4n) is 4.48. The number of thiophene rings is 1. The molecule has 0 fully saturated rings. The van der Waals surface area contributed by atoms with Crippen LogP contribution >= 0.6 is 11.3 Å². The van der Waals surface area contributed by atoms with Gasteiger partial charge in [-0.05, 0) is 41.8 Å². The predicted molar refractivity (Wildman–Crippen MR) is 152 cm³/mol. The van der Waals surface area contributed by atoms with Gasteiger partial charge < -0.3 is 33.9 Å². The lowest BCUT2D eigenvalue weighted by atomic mass is 10.00. The van der Waals surface area contributed by atoms with Crippen LogP contribution in [0.15, 0.2) is 71.6 Å². The number of aliphatic carboxylic acids is 1. The van der Waals surface area contributed by atoms with Crippen molar-refractivity contribution < 1.29 is 43.5 Å². The minimum absolute atomic E-state index is 0.0161. The predicted octanol–water partition coefficient (Wildman–Crippen LogP) is 6.15. The normalized spacial score (nSPS) is 12.2. The second-order valence-electron chi connectivity index (χ2n) is 8.98. The van der Waals surface area contributed by atoms with E-state index < -0.39 is 11.9 Å². The molecular weight excluding hydrogens is 548 g/mol. The average molecular weight is 575 g/mol. The molecular formula is C31H26O9S. The summed E-state index contributed by atoms with van der Waals surface area (Å²) in [5.41, 5.74) is 2.93. The van der Waals surface area contributed by atoms with Crippen molar-refractivity contribution in [2.24, 2.45) is 0 Å². The number of carboxylic acid groups (broad SMARTS) is 2. The van der Waals surface area contributed by atoms with Crippen LogP contribution in [-0.2, 0) is 17.8 Å². The molecule has 0 unspecified atom stereocenters. The van der Waals surface area contributed by atoms with E-state index in [4.69, 9.17) is 23.7 Å². The first-order valence-electron chi connectivity index (χ1n) is 12.5. The molecule has 10 heteroatoms. The van der Waals surface area contributed by atoms with Gasteiger partial charge in [-0.3, -0.25) is 0 Å². The number of rotatable bonds is 11. The van der Waals surface area contributed by atoms with E-state index >= 15 is 0 Å². The summed E-state index contributed by atoms with van der Waals surface area (Å²) in [6.07, 6.45) is 1.73. The molecule has 1 aliphatic rings. The van der Waals surface area contributed by atoms with E-state index in [-0.39, 0.29) is 31.0 Å². The number of carbonyl (C=O) groups is 2. The van der Waals surface area contributed by atoms with Gasteiger partial charge in [-0.1, -0.05) is 18.2 Å². The van der Waals surface area contributed by atoms with Crippen LogP contribution in [-0.4, -0.2) is 43.2 Å². The van der Waals surface area contributed by atoms with Gasteiger partial charge in [0.1, 0.15) is 23.9 Å². The van der Waals surface area contributed by atoms with Crippen molar-refractivity contribution in [2.75, 3.05) is 21.0 Å². The molecule has 2 heterocycles. The Labute approximate surface area is 239 Å². The maximum absolute atomic E-state index is 12.4. The Bertz CT molecular complexity index is 1640. The van der Waals surface area contributed by atoms with Gasteiger partial charge >= 0.3 is 11.9 Å². The van der Waals surface area contributed by atoms with Crippen LogP contribution in [0.4, 0.5) is 0 Å². The Kier molecular flexibility index (Phi) is 8.11. The van der Waals surface area contributed by atoms with Gasteiger partial charge in [-0.2, -0.15) is 0 Å². The second-order valence-corrected chi connectivity index (χ2v) is 9.93. The van der Waals surface area contributed by atoms with Crippen LogP contribution < -0.4 is 23.7 Å². The zero-order valence-corrected chi connectivity index (χ0v) is 23.0. The minimum Gasteiger partial charge on any atom is -0.497 e. The summed E-state index contributed by atoms with van der Waals surface area (Å²) >= 11 is 1.39. The van der Waals surface area contributed by atoms with Crippen molar-refractivity contribution in [3.05, 3.63) is 93.2 Å². The van der Waals surface area contributed by atoms with Gasteiger partial charge in [0.2, 0.25) is 6.79 Å². The molecule has 5 rings (SSSR count). The summed E-state index contributed by atoms with van der Waals surface area (Å²) in [4.78, 5) is 24.7. The van der Waals surface area contributed by atoms with Gasteiger partial charge in [-0.15, -0.1) is 11.3 Å². The van der Waals surface area contributed by atoms with Crippen LogP contribution in [0.1, 0.15) is 26.4 Å². The van der Waals surface area contributed by atoms with Gasteiger partial charge in [0.05, 0.1) is 19.8 Å². The molecule has 210 valence electrons. The van der Waals surface area contributed by atoms with Crippen LogP contribution in [0.25, 0.3) is 17.2 Å². The van der Waals surface area contributed by atoms with Crippen molar-refractivity contribution in [3.8, 4) is 39.9 Å². The molecule has 0 saturated carbocycles. The van der Waals surface area contributed by atoms with E-state index in [0.717, 1.165) is 5.56 Å². The number of fused-ring (bicyclic) bond motifs is 1. The quantitative estimate of drug-likeness (QED) is 0.203. The smallest absolute Gasteiger partial charge is 0.336 e. The zero-order chi connectivity index (χ0) is 28.9. The largest absolute Gasteiger partial charge is 0.497 e. The van der Waals surface area contributed by atoms with Gasteiger partial charge in [0.25, 0.3) is 0 Å². The highest BCUT2D eigenvalue weighted by Gasteiger charge is 2.21. The summed E-state index contributed by atoms with van der Waals surface area (Å²) in [6, 6.07) is 17.3. The molecule has 0 radical (unpaired) electrons. The summed E-state index contributed by atoms with van der Waals surface area (Å²) in [5.74, 6) is 0.494. The fourth-order valence-corrected chi connectivity index (χ4v) is 5.35. The Balaban J connectivity index is 1.49. The van der Waals surface area contributed by atoms with Crippen molar-refractivity contribution in [3.63, 3.8) is 0 Å². The van der Waals surface area contributed by atoms with E-state index in [0.29, 0.717) is 50.3 Å². The molecule has 0 amide bonds. The number of hydrogen-bond acceptors (Lipinski definition) is 8. The molecule has 0 saturated heterocycles. The maximum Gasteiger partial charge on any atom is 0.336 e. The third-order valence-corrected chi connectivity index (χ3v) is 7.41. The Morgan fingerprint density at radius 2 is 1.68 bits per heavy atom. The molecule has 9 nitrogen and oxygen atoms in total. The zero-order valence-electron chi connectivity index (χ0n) is 22.2. The lowest BCUT2D eigenvalue weighted by Gasteiger charge is -2.15. The second kappa shape index (κ2) is 12.1. The molecule has 0 atom stereocenters. The standard InChI is InChI=1S/C31H26O9S/c1-36-21-7-8-23(26(14-21)38-16-18-5-3-4-6-22(18)31(34)35)24-9-10-41-29(24)13-20(30(32)33)11-19-12-27-28(40-17-39-27)15-25(19)37-2/h3-10,12-15H,11,16-17H2,1-2H3,(H,32,33)(H,34,35)/b20-13+. The number of aromatic carboxylic acids is 1. The highest BCUT2D eigenvalue weighted by Crippen LogP contribution is 2.41. The van der Waals surface area contributed by atoms with E-state index in [1.807, 2.05) is 17.5 Å². The first-order chi connectivity index (χ1) is 19.9. The van der Waals surface area contributed by atoms with Crippen molar-refractivity contribution >= 4 is 29.4 Å². The summed E-state index contributed by atoms with van der Waals surface area (Å²) in [5, 5.41) is 21.5. The van der Waals surface area contributed by atoms with Crippen LogP contribution in [0.2, 0.25) is 0 Å². The number of hydrogen-bond donors (Lipinski definition) is 2. The first-order valence-corrected chi connectivity index (χ1v) is 13.4. The van der Waals surface area contributed by atoms with Crippen molar-refractivity contribution in [2.45, 2.75) is 13.0 Å². The van der Waals surface area contributed by atoms with Crippen molar-refractivity contribution in [1.82, 2.24) is 0 Å². The highest BCUT2D eigenvalue weighted by atomic mass is 32.1. The molecule has 1 aliphatic heterocycles. The average Bonchev–Trinajstić information content (AvgIpc) is 3.64. The summed E-state index contributed by atoms with van der Waals surface area (Å²) in [6.45, 7) is 0.110. The summed E-state index contributed by atoms with van der Waals surface area (Å²) in [7, 11) is 3.06. The van der Waals surface area contributed by atoms with E-state index in [2.05, 4.69) is 0 Å². The topological polar surface area (TPSA) is 121 Å². The van der Waals surface area contributed by atoms with Gasteiger partial charge in [-0.25, -0.2) is 9.59 Å². The molecule has 0 aliphatic carbocycles. The Hall–Kier alpha value is -4.96. The molecule has 41 heavy (non-hydrogen) atoms. The molecule has 2 N–H and O–H groups in total. The number of ether oxygens (including phenoxy) is 5. The van der Waals surface area contributed by atoms with Gasteiger partial charge in [0, 0.05) is 51.3 Å². The van der Waals surface area contributed by atoms with E-state index in [1.165, 1.54) is 24.5 Å². The van der Waals surface area contributed by atoms with Crippen LogP contribution in [0.3, 0.4) is 0 Å². The third kappa shape index (κ3) is 5.97. The van der Waals surface area contributed by atoms with Crippen molar-refractivity contribution in [1.29, 1.82) is 0 Å². The minimum atomic E-state index is -1.07. The Morgan fingerprint density at radius 1 is 0.902 bits per heavy atom. The first kappa shape index (κ1) is 27.6. The van der Waals surface area contributed by atoms with Crippen LogP contribution in [0.5, 0.6) is 28.7 Å². The third-order valence-electron chi connectivity index (χ3n) is 6.54. The van der Waals surface area contributed by atoms with Crippen LogP contribution in [0, 0.1) is 0 Å². The molecule has 4 aromatic rings. The maximum atomic E-state index is 12.4. The molecule has 0 spiro atoms. The molecule has 1 aromatic heterocycles. The Morgan fingerprint density at radius 3 is 2.41 bits per heavy atom. The number of benzene rings is 3. The SMILES string of the molecule is COc1ccc(-c2ccsc2/C=C(\Cc2cc3c(cc2OC)OCO3)C(=O)O)c(OCc2ccccc2C(=O)O)c1. The number of carboxylic acids is 2. The van der Waals surface area contributed by atoms with Gasteiger partial charge in [0.15, 0.2) is 11.5 Å². The lowest BCUT2D eigenvalue weighted by Crippen LogP contribution is -2.06. The summed E-state index contributed by atoms with van der Waals surface area (Å²) < 4.78 is 27.9. The monoisotopic (exact) mass is 574 g/mol. The van der Waals surface area contributed by atoms with E-state index in [1.54, 1.807) is 55.7 Å². The fraction of sp³-hybridized carbons (Fsp3) is 0.161. The molecule has 0 bridgehead atoms. The number of methoxy groups -OCH3 is 2. The molecule has 3 aromatic carbocycles. The highest BCUT2D eigenvalue weighted by molar-refractivity contribution is 7.11.